The highest BCUT2D eigenvalue weighted by Gasteiger charge is 2.27. The van der Waals surface area contributed by atoms with Gasteiger partial charge in [-0.3, -0.25) is 9.89 Å². The minimum atomic E-state index is -0.547. The molecule has 3 amide bonds. The van der Waals surface area contributed by atoms with Crippen molar-refractivity contribution in [1.29, 1.82) is 0 Å². The molecule has 1 aromatic heterocycles. The summed E-state index contributed by atoms with van der Waals surface area (Å²) in [6, 6.07) is 1.63. The van der Waals surface area contributed by atoms with E-state index in [1.807, 2.05) is 4.90 Å². The molecule has 1 aromatic rings. The molecule has 0 spiro atoms. The minimum Gasteiger partial charge on any atom is -0.376 e. The van der Waals surface area contributed by atoms with E-state index >= 15 is 0 Å². The molecule has 3 rings (SSSR count). The standard InChI is InChI=1S/C15H23N5O3/c16-14(21)13-7-12(18-19-13)10-3-1-5-20(9-10)15(22)17-8-11-4-2-6-23-11/h7,10-11H,1-6,8-9H2,(H2,16,21)(H,17,22)(H,18,19)/t10-,11+/m1/s1. The molecular weight excluding hydrogens is 298 g/mol. The van der Waals surface area contributed by atoms with E-state index in [1.54, 1.807) is 6.07 Å². The van der Waals surface area contributed by atoms with Gasteiger partial charge in [-0.2, -0.15) is 5.10 Å². The number of H-pyrrole nitrogens is 1. The van der Waals surface area contributed by atoms with E-state index in [2.05, 4.69) is 15.5 Å². The minimum absolute atomic E-state index is 0.0557. The van der Waals surface area contributed by atoms with Crippen LogP contribution in [-0.2, 0) is 4.74 Å². The number of urea groups is 1. The van der Waals surface area contributed by atoms with Gasteiger partial charge in [-0.25, -0.2) is 4.79 Å². The summed E-state index contributed by atoms with van der Waals surface area (Å²) in [6.45, 7) is 2.70. The van der Waals surface area contributed by atoms with E-state index in [4.69, 9.17) is 10.5 Å². The third kappa shape index (κ3) is 3.82. The van der Waals surface area contributed by atoms with Crippen molar-refractivity contribution in [3.05, 3.63) is 17.5 Å². The number of nitrogens with one attached hydrogen (secondary N) is 2. The molecule has 8 nitrogen and oxygen atoms in total. The molecule has 3 heterocycles. The van der Waals surface area contributed by atoms with Crippen molar-refractivity contribution in [2.24, 2.45) is 5.73 Å². The normalized spacial score (nSPS) is 24.6. The van der Waals surface area contributed by atoms with Crippen molar-refractivity contribution < 1.29 is 14.3 Å². The molecule has 126 valence electrons. The Morgan fingerprint density at radius 2 is 2.30 bits per heavy atom. The van der Waals surface area contributed by atoms with Crippen molar-refractivity contribution in [3.8, 4) is 0 Å². The average molecular weight is 321 g/mol. The lowest BCUT2D eigenvalue weighted by Gasteiger charge is -2.32. The number of likely N-dealkylation sites (tertiary alicyclic amines) is 1. The highest BCUT2D eigenvalue weighted by atomic mass is 16.5. The number of carbonyl (C=O) groups is 2. The summed E-state index contributed by atoms with van der Waals surface area (Å²) >= 11 is 0. The Kier molecular flexibility index (Phi) is 4.80. The second kappa shape index (κ2) is 6.99. The monoisotopic (exact) mass is 321 g/mol. The topological polar surface area (TPSA) is 113 Å². The molecule has 0 bridgehead atoms. The number of hydrogen-bond donors (Lipinski definition) is 3. The highest BCUT2D eigenvalue weighted by molar-refractivity contribution is 5.90. The van der Waals surface area contributed by atoms with Crippen molar-refractivity contribution in [3.63, 3.8) is 0 Å². The zero-order valence-corrected chi connectivity index (χ0v) is 13.1. The fourth-order valence-electron chi connectivity index (χ4n) is 3.21. The molecule has 23 heavy (non-hydrogen) atoms. The van der Waals surface area contributed by atoms with Gasteiger partial charge < -0.3 is 20.7 Å². The summed E-state index contributed by atoms with van der Waals surface area (Å²) in [7, 11) is 0. The van der Waals surface area contributed by atoms with Gasteiger partial charge in [0, 0.05) is 37.9 Å². The predicted molar refractivity (Wildman–Crippen MR) is 83.0 cm³/mol. The van der Waals surface area contributed by atoms with E-state index in [0.717, 1.165) is 44.5 Å². The summed E-state index contributed by atoms with van der Waals surface area (Å²) in [5.41, 5.74) is 6.32. The Morgan fingerprint density at radius 1 is 1.43 bits per heavy atom. The first-order chi connectivity index (χ1) is 11.1. The van der Waals surface area contributed by atoms with Gasteiger partial charge in [0.05, 0.1) is 6.10 Å². The van der Waals surface area contributed by atoms with Gasteiger partial charge in [0.25, 0.3) is 5.91 Å². The van der Waals surface area contributed by atoms with E-state index in [9.17, 15) is 9.59 Å². The largest absolute Gasteiger partial charge is 0.376 e. The van der Waals surface area contributed by atoms with Crippen LogP contribution in [0.4, 0.5) is 4.79 Å². The van der Waals surface area contributed by atoms with Crippen LogP contribution < -0.4 is 11.1 Å². The van der Waals surface area contributed by atoms with E-state index in [0.29, 0.717) is 13.1 Å². The maximum Gasteiger partial charge on any atom is 0.317 e. The van der Waals surface area contributed by atoms with Crippen LogP contribution in [0, 0.1) is 0 Å². The number of aromatic amines is 1. The first kappa shape index (κ1) is 15.8. The second-order valence-electron chi connectivity index (χ2n) is 6.18. The molecule has 2 fully saturated rings. The number of aromatic nitrogens is 2. The van der Waals surface area contributed by atoms with Crippen LogP contribution in [0.2, 0.25) is 0 Å². The Balaban J connectivity index is 1.54. The van der Waals surface area contributed by atoms with Crippen molar-refractivity contribution in [1.82, 2.24) is 20.4 Å². The van der Waals surface area contributed by atoms with Crippen LogP contribution in [0.5, 0.6) is 0 Å². The fraction of sp³-hybridized carbons (Fsp3) is 0.667. The van der Waals surface area contributed by atoms with Crippen molar-refractivity contribution in [2.45, 2.75) is 37.7 Å². The van der Waals surface area contributed by atoms with Crippen LogP contribution in [0.3, 0.4) is 0 Å². The van der Waals surface area contributed by atoms with Crippen LogP contribution in [-0.4, -0.2) is 59.4 Å². The third-order valence-corrected chi connectivity index (χ3v) is 4.50. The quantitative estimate of drug-likeness (QED) is 0.752. The molecule has 0 radical (unpaired) electrons. The average Bonchev–Trinajstić information content (AvgIpc) is 3.24. The SMILES string of the molecule is NC(=O)c1cc([C@@H]2CCCN(C(=O)NC[C@@H]3CCCO3)C2)[nH]n1. The summed E-state index contributed by atoms with van der Waals surface area (Å²) in [4.78, 5) is 25.3. The molecular formula is C15H23N5O3. The first-order valence-electron chi connectivity index (χ1n) is 8.13. The maximum absolute atomic E-state index is 12.3. The molecule has 0 aromatic carbocycles. The number of nitrogens with zero attached hydrogens (tertiary/aromatic N) is 2. The van der Waals surface area contributed by atoms with Gasteiger partial charge in [-0.1, -0.05) is 0 Å². The molecule has 0 unspecified atom stereocenters. The summed E-state index contributed by atoms with van der Waals surface area (Å²) in [5, 5.41) is 9.73. The van der Waals surface area contributed by atoms with Crippen molar-refractivity contribution >= 4 is 11.9 Å². The van der Waals surface area contributed by atoms with Gasteiger partial charge in [0.15, 0.2) is 0 Å². The number of nitrogens with two attached hydrogens (primary N) is 1. The maximum atomic E-state index is 12.3. The third-order valence-electron chi connectivity index (χ3n) is 4.50. The lowest BCUT2D eigenvalue weighted by Crippen LogP contribution is -2.46. The smallest absolute Gasteiger partial charge is 0.317 e. The molecule has 2 saturated heterocycles. The van der Waals surface area contributed by atoms with Crippen molar-refractivity contribution in [2.75, 3.05) is 26.2 Å². The Hall–Kier alpha value is -2.09. The molecule has 2 atom stereocenters. The molecule has 8 heteroatoms. The number of rotatable bonds is 4. The number of amides is 3. The van der Waals surface area contributed by atoms with E-state index < -0.39 is 5.91 Å². The van der Waals surface area contributed by atoms with Crippen LogP contribution in [0.15, 0.2) is 6.07 Å². The van der Waals surface area contributed by atoms with Gasteiger partial charge >= 0.3 is 6.03 Å². The van der Waals surface area contributed by atoms with Crippen LogP contribution in [0.25, 0.3) is 0 Å². The Morgan fingerprint density at radius 3 is 3.00 bits per heavy atom. The molecule has 4 N–H and O–H groups in total. The number of piperidine rings is 1. The second-order valence-corrected chi connectivity index (χ2v) is 6.18. The summed E-state index contributed by atoms with van der Waals surface area (Å²) in [6.07, 6.45) is 4.09. The molecule has 2 aliphatic rings. The van der Waals surface area contributed by atoms with E-state index in [-0.39, 0.29) is 23.7 Å². The Bertz CT molecular complexity index is 567. The highest BCUT2D eigenvalue weighted by Crippen LogP contribution is 2.26. The number of hydrogen-bond acceptors (Lipinski definition) is 4. The fourth-order valence-corrected chi connectivity index (χ4v) is 3.21. The summed E-state index contributed by atoms with van der Waals surface area (Å²) in [5.74, 6) is -0.396. The number of carbonyl (C=O) groups excluding carboxylic acids is 2. The lowest BCUT2D eigenvalue weighted by molar-refractivity contribution is 0.0995. The zero-order valence-electron chi connectivity index (χ0n) is 13.1. The van der Waals surface area contributed by atoms with Gasteiger partial charge in [-0.05, 0) is 31.7 Å². The molecule has 0 aliphatic carbocycles. The number of ether oxygens (including phenoxy) is 1. The zero-order chi connectivity index (χ0) is 16.2. The van der Waals surface area contributed by atoms with E-state index in [1.165, 1.54) is 0 Å². The molecule has 2 aliphatic heterocycles. The van der Waals surface area contributed by atoms with Gasteiger partial charge in [0.2, 0.25) is 0 Å². The molecule has 0 saturated carbocycles. The Labute approximate surface area is 134 Å². The van der Waals surface area contributed by atoms with Crippen LogP contribution in [0.1, 0.15) is 47.8 Å². The predicted octanol–water partition coefficient (Wildman–Crippen LogP) is 0.577. The lowest BCUT2D eigenvalue weighted by atomic mass is 9.95. The first-order valence-corrected chi connectivity index (χ1v) is 8.13. The van der Waals surface area contributed by atoms with Gasteiger partial charge in [-0.15, -0.1) is 0 Å². The summed E-state index contributed by atoms with van der Waals surface area (Å²) < 4.78 is 5.52. The van der Waals surface area contributed by atoms with Gasteiger partial charge in [0.1, 0.15) is 5.69 Å². The number of primary amides is 1. The van der Waals surface area contributed by atoms with Crippen LogP contribution >= 0.6 is 0 Å².